The molecule has 5 nitrogen and oxygen atoms in total. The molecular weight excluding hydrogens is 366 g/mol. The summed E-state index contributed by atoms with van der Waals surface area (Å²) in [6.07, 6.45) is 6.17. The van der Waals surface area contributed by atoms with Crippen molar-refractivity contribution in [3.8, 4) is 17.2 Å². The summed E-state index contributed by atoms with van der Waals surface area (Å²) in [4.78, 5) is 12.4. The van der Waals surface area contributed by atoms with E-state index in [1.54, 1.807) is 19.2 Å². The van der Waals surface area contributed by atoms with E-state index in [1.165, 1.54) is 12.8 Å². The second kappa shape index (κ2) is 8.76. The van der Waals surface area contributed by atoms with Crippen molar-refractivity contribution in [3.63, 3.8) is 0 Å². The molecule has 154 valence electrons. The van der Waals surface area contributed by atoms with E-state index in [-0.39, 0.29) is 29.6 Å². The van der Waals surface area contributed by atoms with Gasteiger partial charge in [0.05, 0.1) is 13.2 Å². The van der Waals surface area contributed by atoms with Crippen LogP contribution in [-0.2, 0) is 11.2 Å². The Hall–Kier alpha value is -2.69. The first-order valence-corrected chi connectivity index (χ1v) is 10.5. The topological polar surface area (TPSA) is 67.8 Å². The number of phenolic OH excluding ortho intramolecular Hbond substituents is 1. The van der Waals surface area contributed by atoms with Crippen LogP contribution >= 0.6 is 0 Å². The zero-order valence-corrected chi connectivity index (χ0v) is 16.9. The van der Waals surface area contributed by atoms with E-state index in [4.69, 9.17) is 9.47 Å². The van der Waals surface area contributed by atoms with Crippen LogP contribution in [0.1, 0.15) is 49.1 Å². The molecule has 1 heterocycles. The van der Waals surface area contributed by atoms with Crippen molar-refractivity contribution in [1.82, 2.24) is 5.32 Å². The Labute approximate surface area is 172 Å². The number of ether oxygens (including phenoxy) is 2. The van der Waals surface area contributed by atoms with Gasteiger partial charge in [-0.3, -0.25) is 4.79 Å². The number of phenols is 1. The van der Waals surface area contributed by atoms with Crippen molar-refractivity contribution in [1.29, 1.82) is 0 Å². The number of nitrogens with one attached hydrogen (secondary N) is 1. The molecule has 1 saturated carbocycles. The van der Waals surface area contributed by atoms with Gasteiger partial charge < -0.3 is 19.9 Å². The minimum absolute atomic E-state index is 0.0560. The first-order chi connectivity index (χ1) is 14.1. The van der Waals surface area contributed by atoms with Gasteiger partial charge in [-0.05, 0) is 67.9 Å². The lowest BCUT2D eigenvalue weighted by atomic mass is 9.82. The number of carbonyl (C=O) groups excluding carboxylic acids is 1. The summed E-state index contributed by atoms with van der Waals surface area (Å²) in [7, 11) is 1.67. The van der Waals surface area contributed by atoms with Gasteiger partial charge in [0.25, 0.3) is 0 Å². The van der Waals surface area contributed by atoms with E-state index in [2.05, 4.69) is 17.4 Å². The number of aromatic hydroxyl groups is 1. The first-order valence-electron chi connectivity index (χ1n) is 10.5. The first kappa shape index (κ1) is 19.6. The molecule has 0 unspecified atom stereocenters. The summed E-state index contributed by atoms with van der Waals surface area (Å²) in [5, 5.41) is 13.1. The summed E-state index contributed by atoms with van der Waals surface area (Å²) in [6, 6.07) is 13.4. The van der Waals surface area contributed by atoms with Gasteiger partial charge in [-0.15, -0.1) is 0 Å². The van der Waals surface area contributed by atoms with E-state index in [1.807, 2.05) is 18.2 Å². The number of carbonyl (C=O) groups is 1. The Bertz CT molecular complexity index is 860. The van der Waals surface area contributed by atoms with Gasteiger partial charge in [0.2, 0.25) is 5.91 Å². The number of hydrogen-bond donors (Lipinski definition) is 2. The average Bonchev–Trinajstić information content (AvgIpc) is 3.24. The molecule has 2 aromatic carbocycles. The van der Waals surface area contributed by atoms with Crippen molar-refractivity contribution >= 4 is 5.91 Å². The number of methoxy groups -OCH3 is 1. The average molecular weight is 395 g/mol. The fraction of sp³-hybridized carbons (Fsp3) is 0.458. The Kier molecular flexibility index (Phi) is 5.93. The van der Waals surface area contributed by atoms with Gasteiger partial charge >= 0.3 is 0 Å². The third kappa shape index (κ3) is 4.50. The maximum absolute atomic E-state index is 12.4. The Morgan fingerprint density at radius 1 is 1.10 bits per heavy atom. The molecule has 1 saturated heterocycles. The summed E-state index contributed by atoms with van der Waals surface area (Å²) in [5.74, 6) is 1.90. The maximum Gasteiger partial charge on any atom is 0.223 e. The SMILES string of the molecule is COc1ccc([C@H]2CNC(=O)[C@@H](Cc3ccccc3O)C2)cc1OC1CCCC1. The molecule has 0 radical (unpaired) electrons. The third-order valence-corrected chi connectivity index (χ3v) is 6.18. The highest BCUT2D eigenvalue weighted by Gasteiger charge is 2.30. The number of rotatable bonds is 6. The standard InChI is InChI=1S/C24H29NO4/c1-28-22-11-10-16(14-23(22)29-20-7-3-4-8-20)19-13-18(24(27)25-15-19)12-17-6-2-5-9-21(17)26/h2,5-6,9-11,14,18-20,26H,3-4,7-8,12-13,15H2,1H3,(H,25,27)/t18-,19+/m0/s1. The van der Waals surface area contributed by atoms with Crippen molar-refractivity contribution in [2.75, 3.05) is 13.7 Å². The minimum atomic E-state index is -0.164. The van der Waals surface area contributed by atoms with Gasteiger partial charge in [-0.2, -0.15) is 0 Å². The monoisotopic (exact) mass is 395 g/mol. The highest BCUT2D eigenvalue weighted by atomic mass is 16.5. The van der Waals surface area contributed by atoms with Crippen LogP contribution in [0.15, 0.2) is 42.5 Å². The van der Waals surface area contributed by atoms with Crippen molar-refractivity contribution in [2.24, 2.45) is 5.92 Å². The lowest BCUT2D eigenvalue weighted by Gasteiger charge is -2.30. The van der Waals surface area contributed by atoms with Crippen LogP contribution in [0, 0.1) is 5.92 Å². The molecular formula is C24H29NO4. The molecule has 2 N–H and O–H groups in total. The van der Waals surface area contributed by atoms with Crippen LogP contribution in [0.3, 0.4) is 0 Å². The molecule has 1 aliphatic carbocycles. The Morgan fingerprint density at radius 2 is 1.90 bits per heavy atom. The fourth-order valence-corrected chi connectivity index (χ4v) is 4.51. The summed E-state index contributed by atoms with van der Waals surface area (Å²) in [5.41, 5.74) is 1.97. The highest BCUT2D eigenvalue weighted by Crippen LogP contribution is 2.37. The van der Waals surface area contributed by atoms with E-state index < -0.39 is 0 Å². The zero-order valence-electron chi connectivity index (χ0n) is 16.9. The van der Waals surface area contributed by atoms with Crippen LogP contribution in [0.2, 0.25) is 0 Å². The number of benzene rings is 2. The summed E-state index contributed by atoms with van der Waals surface area (Å²) in [6.45, 7) is 0.616. The van der Waals surface area contributed by atoms with Crippen LogP contribution in [0.5, 0.6) is 17.2 Å². The Morgan fingerprint density at radius 3 is 2.66 bits per heavy atom. The molecule has 1 aliphatic heterocycles. The smallest absolute Gasteiger partial charge is 0.223 e. The van der Waals surface area contributed by atoms with Crippen molar-refractivity contribution < 1.29 is 19.4 Å². The number of amides is 1. The lowest BCUT2D eigenvalue weighted by molar-refractivity contribution is -0.126. The molecule has 2 fully saturated rings. The molecule has 0 spiro atoms. The van der Waals surface area contributed by atoms with Gasteiger partial charge in [-0.1, -0.05) is 24.3 Å². The van der Waals surface area contributed by atoms with Gasteiger partial charge in [-0.25, -0.2) is 0 Å². The van der Waals surface area contributed by atoms with Gasteiger partial charge in [0.15, 0.2) is 11.5 Å². The van der Waals surface area contributed by atoms with Crippen LogP contribution < -0.4 is 14.8 Å². The van der Waals surface area contributed by atoms with Gasteiger partial charge in [0.1, 0.15) is 5.75 Å². The summed E-state index contributed by atoms with van der Waals surface area (Å²) < 4.78 is 11.7. The highest BCUT2D eigenvalue weighted by molar-refractivity contribution is 5.80. The molecule has 0 aromatic heterocycles. The van der Waals surface area contributed by atoms with E-state index in [0.29, 0.717) is 13.0 Å². The largest absolute Gasteiger partial charge is 0.508 e. The molecule has 4 rings (SSSR count). The molecule has 1 amide bonds. The van der Waals surface area contributed by atoms with Crippen molar-refractivity contribution in [3.05, 3.63) is 53.6 Å². The van der Waals surface area contributed by atoms with Gasteiger partial charge in [0, 0.05) is 18.4 Å². The van der Waals surface area contributed by atoms with E-state index in [0.717, 1.165) is 41.9 Å². The fourth-order valence-electron chi connectivity index (χ4n) is 4.51. The predicted molar refractivity (Wildman–Crippen MR) is 112 cm³/mol. The predicted octanol–water partition coefficient (Wildman–Crippen LogP) is 4.18. The van der Waals surface area contributed by atoms with Crippen LogP contribution in [0.4, 0.5) is 0 Å². The molecule has 0 bridgehead atoms. The minimum Gasteiger partial charge on any atom is -0.508 e. The molecule has 2 aromatic rings. The third-order valence-electron chi connectivity index (χ3n) is 6.18. The normalized spacial score (nSPS) is 22.3. The van der Waals surface area contributed by atoms with E-state index >= 15 is 0 Å². The molecule has 29 heavy (non-hydrogen) atoms. The molecule has 5 heteroatoms. The van der Waals surface area contributed by atoms with Crippen molar-refractivity contribution in [2.45, 2.75) is 50.5 Å². The maximum atomic E-state index is 12.4. The van der Waals surface area contributed by atoms with Crippen LogP contribution in [0.25, 0.3) is 0 Å². The number of hydrogen-bond acceptors (Lipinski definition) is 4. The molecule has 2 atom stereocenters. The second-order valence-corrected chi connectivity index (χ2v) is 8.14. The number of para-hydroxylation sites is 1. The summed E-state index contributed by atoms with van der Waals surface area (Å²) >= 11 is 0. The molecule has 2 aliphatic rings. The van der Waals surface area contributed by atoms with E-state index in [9.17, 15) is 9.90 Å². The number of piperidine rings is 1. The Balaban J connectivity index is 1.51. The zero-order chi connectivity index (χ0) is 20.2. The quantitative estimate of drug-likeness (QED) is 0.770. The second-order valence-electron chi connectivity index (χ2n) is 8.14. The van der Waals surface area contributed by atoms with Crippen LogP contribution in [-0.4, -0.2) is 30.8 Å². The lowest BCUT2D eigenvalue weighted by Crippen LogP contribution is -2.41.